The minimum Gasteiger partial charge on any atom is -0.294 e. The molecule has 3 aromatic rings. The monoisotopic (exact) mass is 326 g/mol. The molecule has 0 unspecified atom stereocenters. The van der Waals surface area contributed by atoms with Crippen LogP contribution in [0.25, 0.3) is 10.9 Å². The number of rotatable bonds is 2. The molecule has 0 saturated heterocycles. The van der Waals surface area contributed by atoms with Crippen LogP contribution in [-0.2, 0) is 12.0 Å². The summed E-state index contributed by atoms with van der Waals surface area (Å²) in [6.45, 7) is 7.05. The van der Waals surface area contributed by atoms with E-state index in [0.29, 0.717) is 22.5 Å². The van der Waals surface area contributed by atoms with Crippen molar-refractivity contribution in [1.82, 2.24) is 9.55 Å². The minimum atomic E-state index is -0.0719. The maximum Gasteiger partial charge on any atom is 0.261 e. The van der Waals surface area contributed by atoms with E-state index in [2.05, 4.69) is 50.0 Å². The molecule has 0 spiro atoms. The molecule has 23 heavy (non-hydrogen) atoms. The summed E-state index contributed by atoms with van der Waals surface area (Å²) < 4.78 is 1.62. The summed E-state index contributed by atoms with van der Waals surface area (Å²) in [5, 5.41) is 1.09. The summed E-state index contributed by atoms with van der Waals surface area (Å²) in [6.07, 6.45) is 1.59. The Labute approximate surface area is 140 Å². The quantitative estimate of drug-likeness (QED) is 0.699. The molecule has 0 N–H and O–H groups in total. The molecule has 0 fully saturated rings. The van der Waals surface area contributed by atoms with Crippen molar-refractivity contribution >= 4 is 22.5 Å². The van der Waals surface area contributed by atoms with Crippen molar-refractivity contribution in [2.75, 3.05) is 0 Å². The average Bonchev–Trinajstić information content (AvgIpc) is 2.50. The van der Waals surface area contributed by atoms with Gasteiger partial charge in [-0.2, -0.15) is 0 Å². The van der Waals surface area contributed by atoms with E-state index in [4.69, 9.17) is 11.6 Å². The Morgan fingerprint density at radius 2 is 1.78 bits per heavy atom. The zero-order valence-corrected chi connectivity index (χ0v) is 14.3. The van der Waals surface area contributed by atoms with Crippen LogP contribution in [0, 0.1) is 0 Å². The van der Waals surface area contributed by atoms with Gasteiger partial charge in [0.05, 0.1) is 23.8 Å². The third-order valence-electron chi connectivity index (χ3n) is 3.96. The van der Waals surface area contributed by atoms with Crippen molar-refractivity contribution in [2.45, 2.75) is 32.7 Å². The van der Waals surface area contributed by atoms with Crippen molar-refractivity contribution in [1.29, 1.82) is 0 Å². The fraction of sp³-hybridized carbons (Fsp3) is 0.263. The summed E-state index contributed by atoms with van der Waals surface area (Å²) in [5.74, 6) is 0. The summed E-state index contributed by atoms with van der Waals surface area (Å²) in [4.78, 5) is 16.9. The van der Waals surface area contributed by atoms with Crippen molar-refractivity contribution in [3.05, 3.63) is 75.3 Å². The third-order valence-corrected chi connectivity index (χ3v) is 4.19. The third kappa shape index (κ3) is 3.30. The Morgan fingerprint density at radius 1 is 1.09 bits per heavy atom. The molecular formula is C19H19ClN2O. The normalized spacial score (nSPS) is 11.8. The van der Waals surface area contributed by atoms with Gasteiger partial charge in [0, 0.05) is 5.02 Å². The van der Waals surface area contributed by atoms with Crippen LogP contribution in [0.15, 0.2) is 53.6 Å². The van der Waals surface area contributed by atoms with Crippen LogP contribution in [0.3, 0.4) is 0 Å². The van der Waals surface area contributed by atoms with E-state index in [1.54, 1.807) is 29.1 Å². The molecule has 0 radical (unpaired) electrons. The molecule has 0 amide bonds. The van der Waals surface area contributed by atoms with Gasteiger partial charge < -0.3 is 0 Å². The predicted octanol–water partition coefficient (Wildman–Crippen LogP) is 4.40. The molecule has 3 rings (SSSR count). The standard InChI is InChI=1S/C19H19ClN2O/c1-19(2,3)14-6-4-13(5-7-14)11-22-12-21-17-9-8-15(20)10-16(17)18(22)23/h4-10,12H,11H2,1-3H3. The van der Waals surface area contributed by atoms with Gasteiger partial charge in [0.25, 0.3) is 5.56 Å². The Bertz CT molecular complexity index is 905. The fourth-order valence-electron chi connectivity index (χ4n) is 2.55. The van der Waals surface area contributed by atoms with Crippen LogP contribution in [-0.4, -0.2) is 9.55 Å². The van der Waals surface area contributed by atoms with Crippen LogP contribution in [0.1, 0.15) is 31.9 Å². The predicted molar refractivity (Wildman–Crippen MR) is 95.3 cm³/mol. The molecule has 4 heteroatoms. The maximum absolute atomic E-state index is 12.6. The summed E-state index contributed by atoms with van der Waals surface area (Å²) in [6, 6.07) is 13.5. The first-order chi connectivity index (χ1) is 10.8. The number of benzene rings is 2. The van der Waals surface area contributed by atoms with E-state index in [-0.39, 0.29) is 11.0 Å². The molecule has 0 atom stereocenters. The van der Waals surface area contributed by atoms with E-state index >= 15 is 0 Å². The number of aromatic nitrogens is 2. The molecule has 0 bridgehead atoms. The van der Waals surface area contributed by atoms with Gasteiger partial charge in [-0.15, -0.1) is 0 Å². The molecule has 0 aliphatic carbocycles. The molecule has 1 heterocycles. The summed E-state index contributed by atoms with van der Waals surface area (Å²) in [7, 11) is 0. The molecule has 118 valence electrons. The highest BCUT2D eigenvalue weighted by molar-refractivity contribution is 6.31. The lowest BCUT2D eigenvalue weighted by molar-refractivity contribution is 0.589. The topological polar surface area (TPSA) is 34.9 Å². The van der Waals surface area contributed by atoms with E-state index < -0.39 is 0 Å². The van der Waals surface area contributed by atoms with Gasteiger partial charge >= 0.3 is 0 Å². The van der Waals surface area contributed by atoms with Crippen molar-refractivity contribution in [3.8, 4) is 0 Å². The van der Waals surface area contributed by atoms with E-state index in [9.17, 15) is 4.79 Å². The van der Waals surface area contributed by atoms with Crippen molar-refractivity contribution in [3.63, 3.8) is 0 Å². The fourth-order valence-corrected chi connectivity index (χ4v) is 2.72. The first-order valence-corrected chi connectivity index (χ1v) is 7.96. The average molecular weight is 327 g/mol. The first-order valence-electron chi connectivity index (χ1n) is 7.59. The molecule has 3 nitrogen and oxygen atoms in total. The van der Waals surface area contributed by atoms with Crippen LogP contribution >= 0.6 is 11.6 Å². The smallest absolute Gasteiger partial charge is 0.261 e. The SMILES string of the molecule is CC(C)(C)c1ccc(Cn2cnc3ccc(Cl)cc3c2=O)cc1. The molecular weight excluding hydrogens is 308 g/mol. The highest BCUT2D eigenvalue weighted by atomic mass is 35.5. The lowest BCUT2D eigenvalue weighted by Crippen LogP contribution is -2.21. The van der Waals surface area contributed by atoms with Gasteiger partial charge in [-0.05, 0) is 34.7 Å². The zero-order chi connectivity index (χ0) is 16.6. The van der Waals surface area contributed by atoms with Gasteiger partial charge in [0.2, 0.25) is 0 Å². The highest BCUT2D eigenvalue weighted by Crippen LogP contribution is 2.22. The number of fused-ring (bicyclic) bond motifs is 1. The van der Waals surface area contributed by atoms with Crippen molar-refractivity contribution in [2.24, 2.45) is 0 Å². The van der Waals surface area contributed by atoms with Crippen LogP contribution in [0.4, 0.5) is 0 Å². The molecule has 0 aliphatic rings. The Balaban J connectivity index is 1.95. The maximum atomic E-state index is 12.6. The van der Waals surface area contributed by atoms with E-state index in [1.165, 1.54) is 5.56 Å². The Kier molecular flexibility index (Phi) is 3.99. The lowest BCUT2D eigenvalue weighted by atomic mass is 9.87. The summed E-state index contributed by atoms with van der Waals surface area (Å²) >= 11 is 5.99. The molecule has 0 aliphatic heterocycles. The largest absolute Gasteiger partial charge is 0.294 e. The Hall–Kier alpha value is -2.13. The Morgan fingerprint density at radius 3 is 2.43 bits per heavy atom. The second-order valence-electron chi connectivity index (χ2n) is 6.79. The highest BCUT2D eigenvalue weighted by Gasteiger charge is 2.13. The molecule has 2 aromatic carbocycles. The second kappa shape index (κ2) is 5.82. The van der Waals surface area contributed by atoms with Gasteiger partial charge in [0.1, 0.15) is 0 Å². The first kappa shape index (κ1) is 15.8. The van der Waals surface area contributed by atoms with Crippen LogP contribution < -0.4 is 5.56 Å². The minimum absolute atomic E-state index is 0.0719. The number of nitrogens with zero attached hydrogens (tertiary/aromatic N) is 2. The van der Waals surface area contributed by atoms with Crippen LogP contribution in [0.5, 0.6) is 0 Å². The summed E-state index contributed by atoms with van der Waals surface area (Å²) in [5.41, 5.74) is 3.06. The molecule has 1 aromatic heterocycles. The van der Waals surface area contributed by atoms with Gasteiger partial charge in [-0.1, -0.05) is 56.6 Å². The van der Waals surface area contributed by atoms with E-state index in [1.807, 2.05) is 0 Å². The van der Waals surface area contributed by atoms with Gasteiger partial charge in [-0.3, -0.25) is 9.36 Å². The lowest BCUT2D eigenvalue weighted by Gasteiger charge is -2.19. The van der Waals surface area contributed by atoms with Crippen LogP contribution in [0.2, 0.25) is 5.02 Å². The zero-order valence-electron chi connectivity index (χ0n) is 13.5. The number of halogens is 1. The second-order valence-corrected chi connectivity index (χ2v) is 7.22. The molecule has 0 saturated carbocycles. The van der Waals surface area contributed by atoms with Gasteiger partial charge in [0.15, 0.2) is 0 Å². The van der Waals surface area contributed by atoms with E-state index in [0.717, 1.165) is 5.56 Å². The van der Waals surface area contributed by atoms with Crippen molar-refractivity contribution < 1.29 is 0 Å². The number of hydrogen-bond donors (Lipinski definition) is 0. The number of hydrogen-bond acceptors (Lipinski definition) is 2. The van der Waals surface area contributed by atoms with Gasteiger partial charge in [-0.25, -0.2) is 4.98 Å².